The fraction of sp³-hybridized carbons (Fsp3) is 0.405. The van der Waals surface area contributed by atoms with Crippen molar-refractivity contribution in [3.05, 3.63) is 99.6 Å². The van der Waals surface area contributed by atoms with Crippen LogP contribution in [0.15, 0.2) is 65.6 Å². The van der Waals surface area contributed by atoms with Crippen LogP contribution in [0.3, 0.4) is 0 Å². The number of ether oxygens (including phenoxy) is 1. The molecule has 4 aromatic rings. The van der Waals surface area contributed by atoms with Gasteiger partial charge in [0.15, 0.2) is 8.32 Å². The Morgan fingerprint density at radius 1 is 1.02 bits per heavy atom. The lowest BCUT2D eigenvalue weighted by Gasteiger charge is -2.38. The molecule has 242 valence electrons. The van der Waals surface area contributed by atoms with E-state index in [4.69, 9.17) is 14.1 Å². The van der Waals surface area contributed by atoms with Crippen LogP contribution < -0.4 is 10.3 Å². The molecule has 4 rings (SSSR count). The molecular weight excluding hydrogens is 596 g/mol. The average Bonchev–Trinajstić information content (AvgIpc) is 2.99. The lowest BCUT2D eigenvalue weighted by atomic mass is 9.99. The van der Waals surface area contributed by atoms with E-state index in [-0.39, 0.29) is 17.1 Å². The summed E-state index contributed by atoms with van der Waals surface area (Å²) in [7, 11) is -1.95. The third-order valence-corrected chi connectivity index (χ3v) is 13.1. The van der Waals surface area contributed by atoms with Gasteiger partial charge in [-0.2, -0.15) is 5.26 Å². The Kier molecular flexibility index (Phi) is 10.3. The molecule has 0 amide bonds. The molecule has 9 heteroatoms. The van der Waals surface area contributed by atoms with Crippen LogP contribution in [0, 0.1) is 24.1 Å². The van der Waals surface area contributed by atoms with Gasteiger partial charge in [0, 0.05) is 29.8 Å². The van der Waals surface area contributed by atoms with Crippen molar-refractivity contribution in [1.82, 2.24) is 14.5 Å². The Morgan fingerprint density at radius 3 is 2.33 bits per heavy atom. The molecule has 0 atom stereocenters. The highest BCUT2D eigenvalue weighted by Crippen LogP contribution is 2.37. The highest BCUT2D eigenvalue weighted by Gasteiger charge is 2.39. The van der Waals surface area contributed by atoms with E-state index in [2.05, 4.69) is 44.9 Å². The summed E-state index contributed by atoms with van der Waals surface area (Å²) in [5.41, 5.74) is 2.84. The van der Waals surface area contributed by atoms with E-state index in [1.807, 2.05) is 39.8 Å². The van der Waals surface area contributed by atoms with Crippen LogP contribution in [0.2, 0.25) is 18.1 Å². The summed E-state index contributed by atoms with van der Waals surface area (Å²) >= 11 is 0. The van der Waals surface area contributed by atoms with E-state index in [0.717, 1.165) is 6.42 Å². The minimum atomic E-state index is -1.95. The van der Waals surface area contributed by atoms with Gasteiger partial charge in [0.1, 0.15) is 17.2 Å². The molecule has 2 aromatic heterocycles. The molecule has 2 aromatic carbocycles. The van der Waals surface area contributed by atoms with Gasteiger partial charge >= 0.3 is 0 Å². The van der Waals surface area contributed by atoms with Gasteiger partial charge in [0.2, 0.25) is 5.88 Å². The topological polar surface area (TPSA) is 90.0 Å². The van der Waals surface area contributed by atoms with Gasteiger partial charge in [-0.3, -0.25) is 9.36 Å². The zero-order valence-corrected chi connectivity index (χ0v) is 29.5. The molecular formula is C37H45FN4O3Si. The Hall–Kier alpha value is -4.13. The zero-order valence-electron chi connectivity index (χ0n) is 28.5. The van der Waals surface area contributed by atoms with Crippen molar-refractivity contribution in [2.75, 3.05) is 6.61 Å². The first-order chi connectivity index (χ1) is 21.6. The van der Waals surface area contributed by atoms with E-state index in [0.29, 0.717) is 63.8 Å². The minimum absolute atomic E-state index is 0.0253. The lowest BCUT2D eigenvalue weighted by Crippen LogP contribution is -2.46. The summed E-state index contributed by atoms with van der Waals surface area (Å²) in [6.45, 7) is 19.3. The Labute approximate surface area is 273 Å². The van der Waals surface area contributed by atoms with Gasteiger partial charge in [0.05, 0.1) is 36.0 Å². The van der Waals surface area contributed by atoms with Gasteiger partial charge in [-0.15, -0.1) is 0 Å². The van der Waals surface area contributed by atoms with Crippen molar-refractivity contribution in [3.8, 4) is 34.2 Å². The fourth-order valence-corrected chi connectivity index (χ4v) is 6.09. The van der Waals surface area contributed by atoms with E-state index in [1.54, 1.807) is 47.2 Å². The van der Waals surface area contributed by atoms with Gasteiger partial charge in [-0.25, -0.2) is 14.4 Å². The van der Waals surface area contributed by atoms with Crippen LogP contribution in [0.25, 0.3) is 22.3 Å². The second-order valence-electron chi connectivity index (χ2n) is 13.9. The number of hydrogen-bond donors (Lipinski definition) is 0. The van der Waals surface area contributed by atoms with E-state index in [1.165, 1.54) is 6.07 Å². The SMILES string of the molecule is CCCc1nc(C)c(-c2ccc(OC(C)(C)CO[Si](C)(C)C(C)(C)C)nc2)c(=O)n1Cc1ccc(-c2ccccc2C#N)cc1F. The van der Waals surface area contributed by atoms with Crippen LogP contribution in [0.1, 0.15) is 70.6 Å². The summed E-state index contributed by atoms with van der Waals surface area (Å²) < 4.78 is 29.7. The van der Waals surface area contributed by atoms with Crippen LogP contribution in [-0.4, -0.2) is 35.1 Å². The lowest BCUT2D eigenvalue weighted by molar-refractivity contribution is 0.0422. The van der Waals surface area contributed by atoms with Crippen LogP contribution >= 0.6 is 0 Å². The first-order valence-corrected chi connectivity index (χ1v) is 18.7. The van der Waals surface area contributed by atoms with Crippen molar-refractivity contribution in [1.29, 1.82) is 5.26 Å². The maximum Gasteiger partial charge on any atom is 0.262 e. The standard InChI is InChI=1S/C37H45FN4O3Si/c1-10-13-32-41-25(2)34(28-18-19-33(40-22-28)45-37(6,7)24-44-46(8,9)36(3,4)5)35(43)42(32)23-29-17-16-26(20-31(29)38)30-15-12-11-14-27(30)21-39/h11-12,14-20,22H,10,13,23-24H2,1-9H3. The van der Waals surface area contributed by atoms with Crippen molar-refractivity contribution < 1.29 is 13.6 Å². The molecule has 0 spiro atoms. The summed E-state index contributed by atoms with van der Waals surface area (Å²) in [5, 5.41) is 9.58. The maximum absolute atomic E-state index is 15.5. The maximum atomic E-state index is 15.5. The number of aryl methyl sites for hydroxylation is 2. The molecule has 0 aliphatic carbocycles. The first kappa shape index (κ1) is 34.7. The summed E-state index contributed by atoms with van der Waals surface area (Å²) in [6.07, 6.45) is 2.97. The molecule has 0 saturated heterocycles. The third-order valence-electron chi connectivity index (χ3n) is 8.64. The average molecular weight is 641 g/mol. The monoisotopic (exact) mass is 640 g/mol. The fourth-order valence-electron chi connectivity index (χ4n) is 4.94. The zero-order chi connectivity index (χ0) is 33.9. The second kappa shape index (κ2) is 13.7. The Morgan fingerprint density at radius 2 is 1.72 bits per heavy atom. The Bertz CT molecular complexity index is 1800. The smallest absolute Gasteiger partial charge is 0.262 e. The van der Waals surface area contributed by atoms with E-state index < -0.39 is 19.7 Å². The summed E-state index contributed by atoms with van der Waals surface area (Å²) in [4.78, 5) is 23.4. The van der Waals surface area contributed by atoms with Gasteiger partial charge in [-0.05, 0) is 74.7 Å². The normalized spacial score (nSPS) is 12.2. The summed E-state index contributed by atoms with van der Waals surface area (Å²) in [6, 6.07) is 17.7. The second-order valence-corrected chi connectivity index (χ2v) is 18.7. The predicted octanol–water partition coefficient (Wildman–Crippen LogP) is 8.47. The molecule has 0 bridgehead atoms. The van der Waals surface area contributed by atoms with Gasteiger partial charge in [0.25, 0.3) is 5.56 Å². The third kappa shape index (κ3) is 7.80. The number of rotatable bonds is 11. The number of pyridine rings is 1. The van der Waals surface area contributed by atoms with Crippen LogP contribution in [-0.2, 0) is 17.4 Å². The molecule has 46 heavy (non-hydrogen) atoms. The highest BCUT2D eigenvalue weighted by atomic mass is 28.4. The van der Waals surface area contributed by atoms with Crippen molar-refractivity contribution in [2.24, 2.45) is 0 Å². The van der Waals surface area contributed by atoms with Crippen molar-refractivity contribution in [3.63, 3.8) is 0 Å². The summed E-state index contributed by atoms with van der Waals surface area (Å²) in [5.74, 6) is 0.578. The molecule has 0 aliphatic heterocycles. The van der Waals surface area contributed by atoms with Crippen LogP contribution in [0.4, 0.5) is 4.39 Å². The molecule has 0 radical (unpaired) electrons. The number of aromatic nitrogens is 3. The van der Waals surface area contributed by atoms with E-state index >= 15 is 4.39 Å². The van der Waals surface area contributed by atoms with Crippen LogP contribution in [0.5, 0.6) is 5.88 Å². The largest absolute Gasteiger partial charge is 0.469 e. The first-order valence-electron chi connectivity index (χ1n) is 15.7. The number of hydrogen-bond acceptors (Lipinski definition) is 6. The molecule has 2 heterocycles. The predicted molar refractivity (Wildman–Crippen MR) is 184 cm³/mol. The Balaban J connectivity index is 1.62. The van der Waals surface area contributed by atoms with Crippen molar-refractivity contribution in [2.45, 2.75) is 91.6 Å². The number of nitrogens with zero attached hydrogens (tertiary/aromatic N) is 4. The quantitative estimate of drug-likeness (QED) is 0.153. The molecule has 0 fully saturated rings. The highest BCUT2D eigenvalue weighted by molar-refractivity contribution is 6.74. The number of benzene rings is 2. The van der Waals surface area contributed by atoms with Crippen molar-refractivity contribution >= 4 is 8.32 Å². The van der Waals surface area contributed by atoms with Gasteiger partial charge in [-0.1, -0.05) is 58.0 Å². The minimum Gasteiger partial charge on any atom is -0.469 e. The molecule has 0 unspecified atom stereocenters. The molecule has 7 nitrogen and oxygen atoms in total. The molecule has 0 aliphatic rings. The molecule has 0 N–H and O–H groups in total. The number of nitriles is 1. The molecule has 0 saturated carbocycles. The van der Waals surface area contributed by atoms with E-state index in [9.17, 15) is 10.1 Å². The number of halogens is 1. The van der Waals surface area contributed by atoms with Gasteiger partial charge < -0.3 is 9.16 Å².